The first kappa shape index (κ1) is 18.7. The van der Waals surface area contributed by atoms with Crippen molar-refractivity contribution in [3.05, 3.63) is 69.6 Å². The van der Waals surface area contributed by atoms with Gasteiger partial charge in [-0.15, -0.1) is 0 Å². The Labute approximate surface area is 157 Å². The quantitative estimate of drug-likeness (QED) is 0.454. The van der Waals surface area contributed by atoms with Crippen molar-refractivity contribution in [2.75, 3.05) is 7.11 Å². The molecule has 0 saturated heterocycles. The normalized spacial score (nSPS) is 10.8. The van der Waals surface area contributed by atoms with E-state index in [0.717, 1.165) is 29.4 Å². The molecule has 5 heteroatoms. The minimum absolute atomic E-state index is 0.0187. The highest BCUT2D eigenvalue weighted by molar-refractivity contribution is 5.94. The maximum absolute atomic E-state index is 11.8. The summed E-state index contributed by atoms with van der Waals surface area (Å²) in [4.78, 5) is 23.4. The Balaban J connectivity index is 1.88. The number of aryl methyl sites for hydroxylation is 1. The van der Waals surface area contributed by atoms with Crippen molar-refractivity contribution in [2.45, 2.75) is 33.3 Å². The number of Topliss-reactive ketones (excluding diaryl/α,β-unsaturated/α-hetero) is 1. The van der Waals surface area contributed by atoms with Crippen LogP contribution in [0.3, 0.4) is 0 Å². The second kappa shape index (κ2) is 8.08. The number of methoxy groups -OCH3 is 1. The van der Waals surface area contributed by atoms with Gasteiger partial charge in [0.25, 0.3) is 0 Å². The average molecular weight is 366 g/mol. The molecular weight excluding hydrogens is 344 g/mol. The SMILES string of the molecule is CCCc1cc(=O)oc2cc(OCc3cc(C(C)=O)ccc3OC)ccc12. The molecule has 0 fully saturated rings. The number of carbonyl (C=O) groups is 1. The van der Waals surface area contributed by atoms with Gasteiger partial charge in [-0.25, -0.2) is 4.79 Å². The molecule has 3 aromatic rings. The number of carbonyl (C=O) groups excluding carboxylic acids is 1. The number of ether oxygens (including phenoxy) is 2. The molecule has 0 aliphatic rings. The minimum Gasteiger partial charge on any atom is -0.496 e. The van der Waals surface area contributed by atoms with Crippen molar-refractivity contribution < 1.29 is 18.7 Å². The fourth-order valence-corrected chi connectivity index (χ4v) is 3.05. The summed E-state index contributed by atoms with van der Waals surface area (Å²) in [5.74, 6) is 1.21. The fraction of sp³-hybridized carbons (Fsp3) is 0.273. The Morgan fingerprint density at radius 1 is 1.07 bits per heavy atom. The molecule has 5 nitrogen and oxygen atoms in total. The van der Waals surface area contributed by atoms with Crippen LogP contribution in [0.4, 0.5) is 0 Å². The number of rotatable bonds is 7. The molecule has 0 amide bonds. The van der Waals surface area contributed by atoms with Crippen molar-refractivity contribution in [2.24, 2.45) is 0 Å². The highest BCUT2D eigenvalue weighted by Gasteiger charge is 2.10. The van der Waals surface area contributed by atoms with Crippen molar-refractivity contribution in [3.8, 4) is 11.5 Å². The Hall–Kier alpha value is -3.08. The van der Waals surface area contributed by atoms with Gasteiger partial charge < -0.3 is 13.9 Å². The van der Waals surface area contributed by atoms with E-state index >= 15 is 0 Å². The Kier molecular flexibility index (Phi) is 5.60. The second-order valence-corrected chi connectivity index (χ2v) is 6.37. The summed E-state index contributed by atoms with van der Waals surface area (Å²) in [7, 11) is 1.58. The third-order valence-electron chi connectivity index (χ3n) is 4.40. The van der Waals surface area contributed by atoms with E-state index in [9.17, 15) is 9.59 Å². The lowest BCUT2D eigenvalue weighted by atomic mass is 10.1. The lowest BCUT2D eigenvalue weighted by Gasteiger charge is -2.12. The zero-order valence-electron chi connectivity index (χ0n) is 15.7. The first-order chi connectivity index (χ1) is 13.0. The van der Waals surface area contributed by atoms with E-state index in [4.69, 9.17) is 13.9 Å². The topological polar surface area (TPSA) is 65.7 Å². The zero-order valence-corrected chi connectivity index (χ0v) is 15.7. The molecular formula is C22H22O5. The van der Waals surface area contributed by atoms with E-state index in [1.807, 2.05) is 12.1 Å². The minimum atomic E-state index is -0.362. The van der Waals surface area contributed by atoms with Crippen LogP contribution in [-0.4, -0.2) is 12.9 Å². The number of benzene rings is 2. The van der Waals surface area contributed by atoms with Crippen LogP contribution in [0, 0.1) is 0 Å². The number of hydrogen-bond donors (Lipinski definition) is 0. The Morgan fingerprint density at radius 2 is 1.89 bits per heavy atom. The van der Waals surface area contributed by atoms with E-state index in [1.165, 1.54) is 6.92 Å². The summed E-state index contributed by atoms with van der Waals surface area (Å²) in [6.07, 6.45) is 1.76. The van der Waals surface area contributed by atoms with Crippen LogP contribution >= 0.6 is 0 Å². The van der Waals surface area contributed by atoms with Gasteiger partial charge in [0, 0.05) is 28.6 Å². The summed E-state index contributed by atoms with van der Waals surface area (Å²) in [5.41, 5.74) is 2.49. The largest absolute Gasteiger partial charge is 0.496 e. The highest BCUT2D eigenvalue weighted by atomic mass is 16.5. The molecule has 0 unspecified atom stereocenters. The maximum atomic E-state index is 11.8. The maximum Gasteiger partial charge on any atom is 0.336 e. The van der Waals surface area contributed by atoms with Crippen LogP contribution in [0.25, 0.3) is 11.0 Å². The lowest BCUT2D eigenvalue weighted by Crippen LogP contribution is -2.03. The smallest absolute Gasteiger partial charge is 0.336 e. The summed E-state index contributed by atoms with van der Waals surface area (Å²) < 4.78 is 16.5. The number of fused-ring (bicyclic) bond motifs is 1. The van der Waals surface area contributed by atoms with Gasteiger partial charge in [-0.3, -0.25) is 4.79 Å². The molecule has 140 valence electrons. The molecule has 0 N–H and O–H groups in total. The van der Waals surface area contributed by atoms with E-state index < -0.39 is 0 Å². The molecule has 0 spiro atoms. The summed E-state index contributed by atoms with van der Waals surface area (Å²) in [5, 5.41) is 0.917. The van der Waals surface area contributed by atoms with Crippen LogP contribution in [0.2, 0.25) is 0 Å². The van der Waals surface area contributed by atoms with E-state index in [1.54, 1.807) is 37.4 Å². The molecule has 1 heterocycles. The fourth-order valence-electron chi connectivity index (χ4n) is 3.05. The zero-order chi connectivity index (χ0) is 19.4. The molecule has 27 heavy (non-hydrogen) atoms. The molecule has 0 radical (unpaired) electrons. The molecule has 0 aliphatic heterocycles. The van der Waals surface area contributed by atoms with Crippen molar-refractivity contribution >= 4 is 16.8 Å². The molecule has 1 aromatic heterocycles. The molecule has 2 aromatic carbocycles. The van der Waals surface area contributed by atoms with Gasteiger partial charge in [0.2, 0.25) is 0 Å². The number of ketones is 1. The van der Waals surface area contributed by atoms with E-state index in [0.29, 0.717) is 22.6 Å². The average Bonchev–Trinajstić information content (AvgIpc) is 2.65. The Bertz CT molecular complexity index is 1030. The number of hydrogen-bond acceptors (Lipinski definition) is 5. The first-order valence-electron chi connectivity index (χ1n) is 8.89. The Morgan fingerprint density at radius 3 is 2.59 bits per heavy atom. The molecule has 0 aliphatic carbocycles. The molecule has 0 saturated carbocycles. The van der Waals surface area contributed by atoms with Crippen LogP contribution in [0.15, 0.2) is 51.7 Å². The van der Waals surface area contributed by atoms with E-state index in [-0.39, 0.29) is 18.0 Å². The monoisotopic (exact) mass is 366 g/mol. The molecule has 0 bridgehead atoms. The summed E-state index contributed by atoms with van der Waals surface area (Å²) in [6, 6.07) is 12.3. The third-order valence-corrected chi connectivity index (χ3v) is 4.40. The van der Waals surface area contributed by atoms with Gasteiger partial charge >= 0.3 is 5.63 Å². The van der Waals surface area contributed by atoms with Gasteiger partial charge in [0.15, 0.2) is 5.78 Å². The summed E-state index contributed by atoms with van der Waals surface area (Å²) >= 11 is 0. The van der Waals surface area contributed by atoms with Crippen molar-refractivity contribution in [3.63, 3.8) is 0 Å². The van der Waals surface area contributed by atoms with Crippen LogP contribution < -0.4 is 15.1 Å². The first-order valence-corrected chi connectivity index (χ1v) is 8.89. The van der Waals surface area contributed by atoms with Crippen molar-refractivity contribution in [1.29, 1.82) is 0 Å². The predicted octanol–water partition coefficient (Wildman–Crippen LogP) is 4.54. The van der Waals surface area contributed by atoms with Crippen LogP contribution in [0.1, 0.15) is 41.8 Å². The third kappa shape index (κ3) is 4.19. The van der Waals surface area contributed by atoms with E-state index in [2.05, 4.69) is 6.92 Å². The van der Waals surface area contributed by atoms with Crippen LogP contribution in [0.5, 0.6) is 11.5 Å². The lowest BCUT2D eigenvalue weighted by molar-refractivity contribution is 0.101. The summed E-state index contributed by atoms with van der Waals surface area (Å²) in [6.45, 7) is 3.82. The highest BCUT2D eigenvalue weighted by Crippen LogP contribution is 2.26. The van der Waals surface area contributed by atoms with Gasteiger partial charge in [-0.2, -0.15) is 0 Å². The van der Waals surface area contributed by atoms with Crippen LogP contribution in [-0.2, 0) is 13.0 Å². The predicted molar refractivity (Wildman–Crippen MR) is 104 cm³/mol. The van der Waals surface area contributed by atoms with Crippen molar-refractivity contribution in [1.82, 2.24) is 0 Å². The molecule has 0 atom stereocenters. The van der Waals surface area contributed by atoms with Gasteiger partial charge in [0.1, 0.15) is 23.7 Å². The standard InChI is InChI=1S/C22H22O5/c1-4-5-16-11-22(24)27-21-12-18(7-8-19(16)21)26-13-17-10-15(14(2)23)6-9-20(17)25-3/h6-12H,4-5,13H2,1-3H3. The van der Waals surface area contributed by atoms with Gasteiger partial charge in [-0.05, 0) is 49.2 Å². The van der Waals surface area contributed by atoms with Gasteiger partial charge in [-0.1, -0.05) is 13.3 Å². The van der Waals surface area contributed by atoms with Gasteiger partial charge in [0.05, 0.1) is 7.11 Å². The molecule has 3 rings (SSSR count). The second-order valence-electron chi connectivity index (χ2n) is 6.37.